The molecule has 2 aromatic carbocycles. The highest BCUT2D eigenvalue weighted by atomic mass is 32.2. The van der Waals surface area contributed by atoms with Gasteiger partial charge in [0, 0.05) is 23.5 Å². The molecule has 226 valence electrons. The molecule has 3 aromatic rings. The van der Waals surface area contributed by atoms with Crippen LogP contribution in [0.15, 0.2) is 54.7 Å². The van der Waals surface area contributed by atoms with Crippen LogP contribution in [0.3, 0.4) is 0 Å². The maximum atomic E-state index is 13.2. The van der Waals surface area contributed by atoms with Crippen molar-refractivity contribution in [1.29, 1.82) is 0 Å². The second-order valence-corrected chi connectivity index (χ2v) is 11.0. The van der Waals surface area contributed by atoms with Crippen molar-refractivity contribution in [3.8, 4) is 5.75 Å². The number of aliphatic hydroxyl groups is 1. The van der Waals surface area contributed by atoms with Gasteiger partial charge in [0.2, 0.25) is 17.7 Å². The van der Waals surface area contributed by atoms with Crippen molar-refractivity contribution in [1.82, 2.24) is 20.9 Å². The lowest BCUT2D eigenvalue weighted by Gasteiger charge is -2.26. The summed E-state index contributed by atoms with van der Waals surface area (Å²) in [6.07, 6.45) is 2.48. The number of aromatic hydroxyl groups is 1. The maximum Gasteiger partial charge on any atom is 0.326 e. The Labute approximate surface area is 247 Å². The van der Waals surface area contributed by atoms with Gasteiger partial charge in [-0.1, -0.05) is 30.3 Å². The van der Waals surface area contributed by atoms with Gasteiger partial charge in [0.25, 0.3) is 0 Å². The number of para-hydroxylation sites is 1. The zero-order chi connectivity index (χ0) is 30.8. The first-order chi connectivity index (χ1) is 20.0. The molecule has 1 heterocycles. The zero-order valence-corrected chi connectivity index (χ0v) is 24.2. The topological polar surface area (TPSA) is 207 Å². The molecule has 0 spiro atoms. The van der Waals surface area contributed by atoms with Gasteiger partial charge >= 0.3 is 5.97 Å². The third kappa shape index (κ3) is 8.96. The van der Waals surface area contributed by atoms with Gasteiger partial charge in [-0.05, 0) is 61.1 Å². The monoisotopic (exact) mass is 599 g/mol. The minimum Gasteiger partial charge on any atom is -0.508 e. The number of nitrogens with two attached hydrogens (primary N) is 1. The first kappa shape index (κ1) is 32.4. The molecule has 5 unspecified atom stereocenters. The van der Waals surface area contributed by atoms with E-state index in [1.54, 1.807) is 18.3 Å². The molecule has 5 atom stereocenters. The Bertz CT molecular complexity index is 1380. The van der Waals surface area contributed by atoms with Crippen molar-refractivity contribution in [3.05, 3.63) is 65.9 Å². The molecular formula is C29H37N5O7S. The number of nitrogens with one attached hydrogen (secondary N) is 4. The van der Waals surface area contributed by atoms with Crippen LogP contribution in [0.5, 0.6) is 5.75 Å². The molecule has 42 heavy (non-hydrogen) atoms. The van der Waals surface area contributed by atoms with Crippen LogP contribution in [-0.4, -0.2) is 86.3 Å². The molecule has 12 nitrogen and oxygen atoms in total. The number of benzene rings is 2. The second kappa shape index (κ2) is 15.2. The van der Waals surface area contributed by atoms with Crippen LogP contribution < -0.4 is 21.7 Å². The van der Waals surface area contributed by atoms with E-state index >= 15 is 0 Å². The fourth-order valence-electron chi connectivity index (χ4n) is 4.40. The number of phenols is 1. The normalized spacial score (nSPS) is 14.8. The summed E-state index contributed by atoms with van der Waals surface area (Å²) in [5.41, 5.74) is 8.27. The van der Waals surface area contributed by atoms with Gasteiger partial charge in [-0.2, -0.15) is 11.8 Å². The van der Waals surface area contributed by atoms with Crippen molar-refractivity contribution in [2.24, 2.45) is 5.73 Å². The Hall–Kier alpha value is -4.07. The average Bonchev–Trinajstić information content (AvgIpc) is 3.36. The number of fused-ring (bicyclic) bond motifs is 1. The summed E-state index contributed by atoms with van der Waals surface area (Å²) in [6, 6.07) is 8.69. The number of carboxylic acid groups (broad SMARTS) is 1. The molecular weight excluding hydrogens is 562 g/mol. The highest BCUT2D eigenvalue weighted by Crippen LogP contribution is 2.19. The molecule has 0 aliphatic heterocycles. The van der Waals surface area contributed by atoms with E-state index in [0.29, 0.717) is 16.9 Å². The number of phenolic OH excluding ortho intramolecular Hbond substituents is 1. The van der Waals surface area contributed by atoms with Crippen LogP contribution >= 0.6 is 11.8 Å². The van der Waals surface area contributed by atoms with Gasteiger partial charge in [-0.25, -0.2) is 4.79 Å². The molecule has 0 bridgehead atoms. The molecule has 0 aliphatic rings. The van der Waals surface area contributed by atoms with Crippen molar-refractivity contribution in [3.63, 3.8) is 0 Å². The fourth-order valence-corrected chi connectivity index (χ4v) is 4.87. The Morgan fingerprint density at radius 3 is 2.24 bits per heavy atom. The number of aromatic amines is 1. The third-order valence-corrected chi connectivity index (χ3v) is 7.39. The summed E-state index contributed by atoms with van der Waals surface area (Å²) in [6.45, 7) is 1.29. The van der Waals surface area contributed by atoms with Gasteiger partial charge in [0.05, 0.1) is 12.1 Å². The molecule has 0 saturated carbocycles. The lowest BCUT2D eigenvalue weighted by Crippen LogP contribution is -2.60. The number of aliphatic carboxylic acids is 1. The molecule has 0 radical (unpaired) electrons. The molecule has 0 fully saturated rings. The number of carboxylic acids is 1. The molecule has 0 saturated heterocycles. The number of thioether (sulfide) groups is 1. The van der Waals surface area contributed by atoms with E-state index in [2.05, 4.69) is 20.9 Å². The number of H-pyrrole nitrogens is 1. The van der Waals surface area contributed by atoms with E-state index < -0.39 is 54.0 Å². The second-order valence-electron chi connectivity index (χ2n) is 10.0. The van der Waals surface area contributed by atoms with Gasteiger partial charge in [-0.3, -0.25) is 14.4 Å². The van der Waals surface area contributed by atoms with E-state index in [9.17, 15) is 34.5 Å². The minimum absolute atomic E-state index is 0.0309. The van der Waals surface area contributed by atoms with E-state index in [0.717, 1.165) is 10.9 Å². The summed E-state index contributed by atoms with van der Waals surface area (Å²) in [4.78, 5) is 54.3. The maximum absolute atomic E-state index is 13.2. The van der Waals surface area contributed by atoms with Crippen LogP contribution in [0.1, 0.15) is 24.5 Å². The van der Waals surface area contributed by atoms with E-state index in [1.807, 2.05) is 30.5 Å². The first-order valence-electron chi connectivity index (χ1n) is 13.4. The zero-order valence-electron chi connectivity index (χ0n) is 23.4. The molecule has 3 amide bonds. The summed E-state index contributed by atoms with van der Waals surface area (Å²) in [5.74, 6) is -2.90. The number of carbonyl (C=O) groups is 4. The van der Waals surface area contributed by atoms with Crippen LogP contribution in [0.2, 0.25) is 0 Å². The van der Waals surface area contributed by atoms with Crippen molar-refractivity contribution < 1.29 is 34.5 Å². The summed E-state index contributed by atoms with van der Waals surface area (Å²) in [7, 11) is 0. The van der Waals surface area contributed by atoms with Crippen molar-refractivity contribution >= 4 is 46.4 Å². The Balaban J connectivity index is 1.67. The van der Waals surface area contributed by atoms with Crippen molar-refractivity contribution in [2.75, 3.05) is 12.0 Å². The predicted octanol–water partition coefficient (Wildman–Crippen LogP) is 0.659. The molecule has 1 aromatic heterocycles. The molecule has 0 aliphatic carbocycles. The number of aliphatic hydroxyl groups excluding tert-OH is 1. The van der Waals surface area contributed by atoms with Crippen LogP contribution in [0, 0.1) is 0 Å². The average molecular weight is 600 g/mol. The largest absolute Gasteiger partial charge is 0.508 e. The minimum atomic E-state index is -1.48. The smallest absolute Gasteiger partial charge is 0.326 e. The highest BCUT2D eigenvalue weighted by molar-refractivity contribution is 7.98. The fraction of sp³-hybridized carbons (Fsp3) is 0.379. The number of hydrogen-bond donors (Lipinski definition) is 8. The third-order valence-electron chi connectivity index (χ3n) is 6.75. The van der Waals surface area contributed by atoms with Crippen LogP contribution in [0.25, 0.3) is 10.9 Å². The van der Waals surface area contributed by atoms with Gasteiger partial charge in [0.1, 0.15) is 23.9 Å². The van der Waals surface area contributed by atoms with Gasteiger partial charge in [0.15, 0.2) is 0 Å². The molecule has 9 N–H and O–H groups in total. The first-order valence-corrected chi connectivity index (χ1v) is 14.8. The van der Waals surface area contributed by atoms with E-state index in [4.69, 9.17) is 5.73 Å². The van der Waals surface area contributed by atoms with Gasteiger partial charge in [-0.15, -0.1) is 0 Å². The van der Waals surface area contributed by atoms with E-state index in [1.165, 1.54) is 30.8 Å². The summed E-state index contributed by atoms with van der Waals surface area (Å²) < 4.78 is 0. The Morgan fingerprint density at radius 2 is 1.60 bits per heavy atom. The number of carbonyl (C=O) groups excluding carboxylic acids is 3. The van der Waals surface area contributed by atoms with E-state index in [-0.39, 0.29) is 25.0 Å². The quantitative estimate of drug-likeness (QED) is 0.123. The number of hydrogen-bond acceptors (Lipinski definition) is 8. The molecule has 3 rings (SSSR count). The van der Waals surface area contributed by atoms with Gasteiger partial charge < -0.3 is 42.0 Å². The summed E-state index contributed by atoms with van der Waals surface area (Å²) >= 11 is 1.45. The Kier molecular flexibility index (Phi) is 11.8. The SMILES string of the molecule is CSCCC(NC(=O)C(N)Cc1ccc(O)cc1)C(=O)NC(C(=O)NC(Cc1c[nH]c2ccccc12)C(=O)O)C(C)O. The van der Waals surface area contributed by atoms with Crippen LogP contribution in [-0.2, 0) is 32.0 Å². The predicted molar refractivity (Wildman–Crippen MR) is 160 cm³/mol. The number of rotatable bonds is 15. The van der Waals surface area contributed by atoms with Crippen LogP contribution in [0.4, 0.5) is 0 Å². The highest BCUT2D eigenvalue weighted by Gasteiger charge is 2.33. The number of aromatic nitrogens is 1. The lowest BCUT2D eigenvalue weighted by molar-refractivity contribution is -0.143. The summed E-state index contributed by atoms with van der Waals surface area (Å²) in [5, 5.41) is 37.9. The van der Waals surface area contributed by atoms with Crippen molar-refractivity contribution in [2.45, 2.75) is 56.5 Å². The number of amides is 3. The molecule has 13 heteroatoms. The Morgan fingerprint density at radius 1 is 0.929 bits per heavy atom. The standard InChI is InChI=1S/C29H37N5O7S/c1-16(35)25(28(39)33-24(29(40)41)14-18-15-31-22-6-4-3-5-20(18)22)34-27(38)23(11-12-42-2)32-26(37)21(30)13-17-7-9-19(36)10-8-17/h3-10,15-16,21,23-25,31,35-36H,11-14,30H2,1-2H3,(H,32,37)(H,33,39)(H,34,38)(H,40,41). The lowest BCUT2D eigenvalue weighted by atomic mass is 10.0.